The molecule has 1 fully saturated rings. The third kappa shape index (κ3) is 3.85. The molecule has 33 heavy (non-hydrogen) atoms. The molecule has 0 radical (unpaired) electrons. The fraction of sp³-hybridized carbons (Fsp3) is 0.154. The van der Waals surface area contributed by atoms with Crippen molar-refractivity contribution in [2.75, 3.05) is 23.9 Å². The van der Waals surface area contributed by atoms with Crippen molar-refractivity contribution in [3.8, 4) is 5.69 Å². The first-order valence-electron chi connectivity index (χ1n) is 10.7. The fourth-order valence-electron chi connectivity index (χ4n) is 4.35. The van der Waals surface area contributed by atoms with Crippen molar-refractivity contribution < 1.29 is 4.39 Å². The SMILES string of the molecule is CN(C)c1ccc(N2C(=S)N[C@H](c3ccccn3)[C@H]2c2cccn2-c2ccccc2F)cc1. The van der Waals surface area contributed by atoms with Gasteiger partial charge in [0.2, 0.25) is 0 Å². The second-order valence-corrected chi connectivity index (χ2v) is 8.55. The van der Waals surface area contributed by atoms with E-state index in [0.717, 1.165) is 22.8 Å². The second kappa shape index (κ2) is 8.67. The van der Waals surface area contributed by atoms with Gasteiger partial charge in [-0.2, -0.15) is 0 Å². The van der Waals surface area contributed by atoms with E-state index in [1.165, 1.54) is 6.07 Å². The quantitative estimate of drug-likeness (QED) is 0.414. The zero-order valence-electron chi connectivity index (χ0n) is 18.4. The molecule has 166 valence electrons. The Hall–Kier alpha value is -3.71. The van der Waals surface area contributed by atoms with Gasteiger partial charge in [0.25, 0.3) is 0 Å². The number of halogens is 1. The Morgan fingerprint density at radius 2 is 1.70 bits per heavy atom. The molecule has 0 bridgehead atoms. The number of benzene rings is 2. The summed E-state index contributed by atoms with van der Waals surface area (Å²) < 4.78 is 16.7. The highest BCUT2D eigenvalue weighted by Crippen LogP contribution is 2.42. The van der Waals surface area contributed by atoms with Gasteiger partial charge in [-0.1, -0.05) is 18.2 Å². The lowest BCUT2D eigenvalue weighted by molar-refractivity contribution is 0.544. The van der Waals surface area contributed by atoms with E-state index in [2.05, 4.69) is 44.4 Å². The van der Waals surface area contributed by atoms with Gasteiger partial charge < -0.3 is 19.7 Å². The number of rotatable bonds is 5. The Balaban J connectivity index is 1.65. The van der Waals surface area contributed by atoms with Crippen LogP contribution in [0.15, 0.2) is 91.3 Å². The summed E-state index contributed by atoms with van der Waals surface area (Å²) in [6, 6.07) is 24.4. The van der Waals surface area contributed by atoms with Crippen LogP contribution in [0, 0.1) is 5.82 Å². The number of nitrogens with zero attached hydrogens (tertiary/aromatic N) is 4. The molecule has 2 atom stereocenters. The Morgan fingerprint density at radius 1 is 0.939 bits per heavy atom. The van der Waals surface area contributed by atoms with Gasteiger partial charge >= 0.3 is 0 Å². The molecule has 1 aliphatic heterocycles. The number of thiocarbonyl (C=S) groups is 1. The zero-order valence-corrected chi connectivity index (χ0v) is 19.2. The van der Waals surface area contributed by atoms with Crippen LogP contribution < -0.4 is 15.1 Å². The van der Waals surface area contributed by atoms with Gasteiger partial charge in [-0.25, -0.2) is 4.39 Å². The van der Waals surface area contributed by atoms with Gasteiger partial charge in [0.15, 0.2) is 5.11 Å². The minimum Gasteiger partial charge on any atom is -0.378 e. The topological polar surface area (TPSA) is 36.3 Å². The smallest absolute Gasteiger partial charge is 0.174 e. The summed E-state index contributed by atoms with van der Waals surface area (Å²) in [4.78, 5) is 8.76. The van der Waals surface area contributed by atoms with Crippen LogP contribution in [0.5, 0.6) is 0 Å². The fourth-order valence-corrected chi connectivity index (χ4v) is 4.69. The van der Waals surface area contributed by atoms with Gasteiger partial charge in [-0.15, -0.1) is 0 Å². The maximum atomic E-state index is 14.8. The Morgan fingerprint density at radius 3 is 2.39 bits per heavy atom. The summed E-state index contributed by atoms with van der Waals surface area (Å²) in [5.74, 6) is -0.278. The molecular weight excluding hydrogens is 433 g/mol. The number of pyridine rings is 1. The Bertz CT molecular complexity index is 1270. The van der Waals surface area contributed by atoms with Gasteiger partial charge in [-0.3, -0.25) is 4.98 Å². The maximum Gasteiger partial charge on any atom is 0.174 e. The van der Waals surface area contributed by atoms with Crippen molar-refractivity contribution >= 4 is 28.7 Å². The van der Waals surface area contributed by atoms with Crippen LogP contribution in [0.25, 0.3) is 5.69 Å². The van der Waals surface area contributed by atoms with Crippen LogP contribution in [-0.2, 0) is 0 Å². The monoisotopic (exact) mass is 457 g/mol. The molecule has 7 heteroatoms. The van der Waals surface area contributed by atoms with Gasteiger partial charge in [-0.05, 0) is 72.9 Å². The van der Waals surface area contributed by atoms with Crippen molar-refractivity contribution in [3.63, 3.8) is 0 Å². The molecule has 5 nitrogen and oxygen atoms in total. The molecule has 2 aromatic heterocycles. The van der Waals surface area contributed by atoms with Crippen LogP contribution in [0.2, 0.25) is 0 Å². The summed E-state index contributed by atoms with van der Waals surface area (Å²) in [7, 11) is 4.02. The summed E-state index contributed by atoms with van der Waals surface area (Å²) in [5, 5.41) is 4.07. The lowest BCUT2D eigenvalue weighted by Gasteiger charge is -2.29. The number of para-hydroxylation sites is 1. The number of nitrogens with one attached hydrogen (secondary N) is 1. The first-order chi connectivity index (χ1) is 16.0. The third-order valence-corrected chi connectivity index (χ3v) is 6.25. The lowest BCUT2D eigenvalue weighted by Crippen LogP contribution is -2.30. The van der Waals surface area contributed by atoms with Crippen molar-refractivity contribution in [1.82, 2.24) is 14.9 Å². The highest BCUT2D eigenvalue weighted by atomic mass is 32.1. The highest BCUT2D eigenvalue weighted by molar-refractivity contribution is 7.80. The average molecular weight is 458 g/mol. The molecule has 0 saturated carbocycles. The van der Waals surface area contributed by atoms with Crippen LogP contribution in [0.4, 0.5) is 15.8 Å². The van der Waals surface area contributed by atoms with E-state index < -0.39 is 0 Å². The molecule has 0 aliphatic carbocycles. The van der Waals surface area contributed by atoms with E-state index >= 15 is 0 Å². The van der Waals surface area contributed by atoms with Crippen LogP contribution in [0.3, 0.4) is 0 Å². The number of hydrogen-bond acceptors (Lipinski definition) is 3. The average Bonchev–Trinajstić information content (AvgIpc) is 3.44. The summed E-state index contributed by atoms with van der Waals surface area (Å²) in [5.41, 5.74) is 4.35. The molecule has 5 rings (SSSR count). The summed E-state index contributed by atoms with van der Waals surface area (Å²) in [6.45, 7) is 0. The maximum absolute atomic E-state index is 14.8. The predicted molar refractivity (Wildman–Crippen MR) is 134 cm³/mol. The third-order valence-electron chi connectivity index (χ3n) is 5.94. The second-order valence-electron chi connectivity index (χ2n) is 8.16. The van der Waals surface area contributed by atoms with E-state index in [9.17, 15) is 4.39 Å². The normalized spacial score (nSPS) is 17.8. The largest absolute Gasteiger partial charge is 0.378 e. The number of anilines is 2. The molecular formula is C26H24FN5S. The Kier molecular flexibility index (Phi) is 5.56. The van der Waals surface area contributed by atoms with Crippen LogP contribution in [-0.4, -0.2) is 28.8 Å². The molecule has 1 N–H and O–H groups in total. The van der Waals surface area contributed by atoms with Gasteiger partial charge in [0.05, 0.1) is 17.4 Å². The van der Waals surface area contributed by atoms with E-state index in [1.54, 1.807) is 18.3 Å². The lowest BCUT2D eigenvalue weighted by atomic mass is 10.0. The molecule has 1 saturated heterocycles. The molecule has 4 aromatic rings. The van der Waals surface area contributed by atoms with E-state index in [0.29, 0.717) is 10.8 Å². The first-order valence-corrected chi connectivity index (χ1v) is 11.2. The van der Waals surface area contributed by atoms with Crippen molar-refractivity contribution in [1.29, 1.82) is 0 Å². The standard InChI is InChI=1S/C26H24FN5S/c1-30(2)18-12-14-19(15-13-18)32-25(24(29-26(32)33)21-9-5-6-16-28-21)23-11-7-17-31(23)22-10-4-3-8-20(22)27/h3-17,24-25H,1-2H3,(H,29,33)/t24-,25-/m1/s1. The highest BCUT2D eigenvalue weighted by Gasteiger charge is 2.42. The van der Waals surface area contributed by atoms with Crippen molar-refractivity contribution in [2.45, 2.75) is 12.1 Å². The predicted octanol–water partition coefficient (Wildman–Crippen LogP) is 5.25. The molecule has 0 unspecified atom stereocenters. The minimum atomic E-state index is -0.278. The Labute approximate surface area is 198 Å². The van der Waals surface area contributed by atoms with Crippen LogP contribution >= 0.6 is 12.2 Å². The minimum absolute atomic E-state index is 0.201. The molecule has 0 spiro atoms. The van der Waals surface area contributed by atoms with E-state index in [-0.39, 0.29) is 17.9 Å². The van der Waals surface area contributed by atoms with Crippen LogP contribution in [0.1, 0.15) is 23.5 Å². The molecule has 1 aliphatic rings. The van der Waals surface area contributed by atoms with E-state index in [4.69, 9.17) is 12.2 Å². The van der Waals surface area contributed by atoms with Gasteiger partial charge in [0.1, 0.15) is 11.9 Å². The first kappa shape index (κ1) is 21.2. The molecule has 0 amide bonds. The number of aromatic nitrogens is 2. The number of hydrogen-bond donors (Lipinski definition) is 1. The van der Waals surface area contributed by atoms with Gasteiger partial charge in [0, 0.05) is 43.6 Å². The summed E-state index contributed by atoms with van der Waals surface area (Å²) >= 11 is 5.81. The molecule has 2 aromatic carbocycles. The van der Waals surface area contributed by atoms with E-state index in [1.807, 2.05) is 61.3 Å². The van der Waals surface area contributed by atoms with Crippen molar-refractivity contribution in [3.05, 3.63) is 108 Å². The molecule has 3 heterocycles. The zero-order chi connectivity index (χ0) is 22.9. The van der Waals surface area contributed by atoms with Crippen molar-refractivity contribution in [2.24, 2.45) is 0 Å². The summed E-state index contributed by atoms with van der Waals surface area (Å²) in [6.07, 6.45) is 3.67.